The van der Waals surface area contributed by atoms with Crippen molar-refractivity contribution in [3.63, 3.8) is 0 Å². The van der Waals surface area contributed by atoms with Gasteiger partial charge in [-0.2, -0.15) is 0 Å². The molecule has 29 heavy (non-hydrogen) atoms. The minimum absolute atomic E-state index is 0.188. The first-order valence-electron chi connectivity index (χ1n) is 9.60. The molecule has 1 aromatic heterocycles. The second-order valence-corrected chi connectivity index (χ2v) is 7.18. The number of nitrogens with zero attached hydrogens (tertiary/aromatic N) is 2. The van der Waals surface area contributed by atoms with Gasteiger partial charge in [-0.15, -0.1) is 0 Å². The molecule has 2 aromatic carbocycles. The number of hydrogen-bond donors (Lipinski definition) is 1. The molecule has 0 radical (unpaired) electrons. The Bertz CT molecular complexity index is 1040. The number of hydrogen-bond acceptors (Lipinski definition) is 3. The SMILES string of the molecule is CCN(C(=O)c1cncc(C(=O)Nc2cc(C)cc(C)c2)c1)c1cccc(C)c1. The van der Waals surface area contributed by atoms with Crippen LogP contribution in [0.2, 0.25) is 0 Å². The van der Waals surface area contributed by atoms with E-state index in [0.29, 0.717) is 17.7 Å². The largest absolute Gasteiger partial charge is 0.322 e. The molecule has 0 atom stereocenters. The first kappa shape index (κ1) is 20.3. The Labute approximate surface area is 171 Å². The summed E-state index contributed by atoms with van der Waals surface area (Å²) in [5, 5.41) is 2.88. The first-order valence-corrected chi connectivity index (χ1v) is 9.60. The third-order valence-electron chi connectivity index (χ3n) is 4.60. The average molecular weight is 387 g/mol. The zero-order chi connectivity index (χ0) is 21.0. The van der Waals surface area contributed by atoms with Gasteiger partial charge < -0.3 is 10.2 Å². The lowest BCUT2D eigenvalue weighted by Gasteiger charge is -2.21. The van der Waals surface area contributed by atoms with E-state index >= 15 is 0 Å². The molecule has 0 unspecified atom stereocenters. The normalized spacial score (nSPS) is 10.5. The molecule has 3 aromatic rings. The van der Waals surface area contributed by atoms with E-state index in [1.54, 1.807) is 11.0 Å². The molecule has 0 aliphatic heterocycles. The number of benzene rings is 2. The number of anilines is 2. The molecule has 2 amide bonds. The van der Waals surface area contributed by atoms with Gasteiger partial charge in [-0.1, -0.05) is 18.2 Å². The topological polar surface area (TPSA) is 62.3 Å². The number of carbonyl (C=O) groups excluding carboxylic acids is 2. The lowest BCUT2D eigenvalue weighted by molar-refractivity contribution is 0.0988. The highest BCUT2D eigenvalue weighted by atomic mass is 16.2. The summed E-state index contributed by atoms with van der Waals surface area (Å²) in [5.74, 6) is -0.484. The third kappa shape index (κ3) is 4.88. The highest BCUT2D eigenvalue weighted by Gasteiger charge is 2.18. The standard InChI is InChI=1S/C24H25N3O2/c1-5-27(22-8-6-7-16(2)12-22)24(29)20-13-19(14-25-15-20)23(28)26-21-10-17(3)9-18(4)11-21/h6-15H,5H2,1-4H3,(H,26,28). The zero-order valence-corrected chi connectivity index (χ0v) is 17.2. The Kier molecular flexibility index (Phi) is 6.07. The van der Waals surface area contributed by atoms with Crippen molar-refractivity contribution in [2.24, 2.45) is 0 Å². The van der Waals surface area contributed by atoms with Crippen molar-refractivity contribution in [1.29, 1.82) is 0 Å². The predicted octanol–water partition coefficient (Wildman–Crippen LogP) is 4.93. The van der Waals surface area contributed by atoms with Gasteiger partial charge >= 0.3 is 0 Å². The van der Waals surface area contributed by atoms with Crippen LogP contribution in [0.4, 0.5) is 11.4 Å². The molecule has 0 aliphatic carbocycles. The summed E-state index contributed by atoms with van der Waals surface area (Å²) in [4.78, 5) is 31.6. The van der Waals surface area contributed by atoms with E-state index in [4.69, 9.17) is 0 Å². The molecule has 5 heteroatoms. The van der Waals surface area contributed by atoms with Crippen LogP contribution in [0.25, 0.3) is 0 Å². The molecule has 0 spiro atoms. The highest BCUT2D eigenvalue weighted by molar-refractivity contribution is 6.09. The van der Waals surface area contributed by atoms with Gasteiger partial charge in [0.05, 0.1) is 11.1 Å². The van der Waals surface area contributed by atoms with Crippen molar-refractivity contribution < 1.29 is 9.59 Å². The number of aryl methyl sites for hydroxylation is 3. The number of rotatable bonds is 5. The fourth-order valence-corrected chi connectivity index (χ4v) is 3.33. The molecule has 1 heterocycles. The van der Waals surface area contributed by atoms with Crippen molar-refractivity contribution in [3.8, 4) is 0 Å². The second-order valence-electron chi connectivity index (χ2n) is 7.18. The fourth-order valence-electron chi connectivity index (χ4n) is 3.33. The minimum atomic E-state index is -0.296. The van der Waals surface area contributed by atoms with E-state index in [1.807, 2.05) is 70.2 Å². The molecule has 5 nitrogen and oxygen atoms in total. The van der Waals surface area contributed by atoms with Gasteiger partial charge in [0.25, 0.3) is 11.8 Å². The van der Waals surface area contributed by atoms with Gasteiger partial charge in [0.1, 0.15) is 0 Å². The monoisotopic (exact) mass is 387 g/mol. The quantitative estimate of drug-likeness (QED) is 0.675. The number of carbonyl (C=O) groups is 2. The molecule has 0 saturated carbocycles. The Balaban J connectivity index is 1.84. The van der Waals surface area contributed by atoms with Crippen LogP contribution in [-0.2, 0) is 0 Å². The molecular weight excluding hydrogens is 362 g/mol. The summed E-state index contributed by atoms with van der Waals surface area (Å²) >= 11 is 0. The van der Waals surface area contributed by atoms with E-state index < -0.39 is 0 Å². The van der Waals surface area contributed by atoms with E-state index in [-0.39, 0.29) is 11.8 Å². The van der Waals surface area contributed by atoms with Crippen molar-refractivity contribution in [2.45, 2.75) is 27.7 Å². The van der Waals surface area contributed by atoms with Crippen LogP contribution in [-0.4, -0.2) is 23.3 Å². The van der Waals surface area contributed by atoms with Crippen molar-refractivity contribution in [1.82, 2.24) is 4.98 Å². The van der Waals surface area contributed by atoms with Crippen LogP contribution in [0.3, 0.4) is 0 Å². The second kappa shape index (κ2) is 8.69. The molecule has 0 saturated heterocycles. The maximum Gasteiger partial charge on any atom is 0.259 e. The average Bonchev–Trinajstić information content (AvgIpc) is 2.68. The summed E-state index contributed by atoms with van der Waals surface area (Å²) in [6.45, 7) is 8.38. The smallest absolute Gasteiger partial charge is 0.259 e. The molecular formula is C24H25N3O2. The lowest BCUT2D eigenvalue weighted by atomic mass is 10.1. The Morgan fingerprint density at radius 2 is 1.59 bits per heavy atom. The Hall–Kier alpha value is -3.47. The van der Waals surface area contributed by atoms with Gasteiger partial charge in [-0.25, -0.2) is 0 Å². The van der Waals surface area contributed by atoms with Gasteiger partial charge in [0.15, 0.2) is 0 Å². The summed E-state index contributed by atoms with van der Waals surface area (Å²) in [6.07, 6.45) is 2.96. The van der Waals surface area contributed by atoms with Crippen LogP contribution in [0.5, 0.6) is 0 Å². The van der Waals surface area contributed by atoms with Crippen LogP contribution in [0.1, 0.15) is 44.3 Å². The number of amides is 2. The van der Waals surface area contributed by atoms with Crippen molar-refractivity contribution >= 4 is 23.2 Å². The summed E-state index contributed by atoms with van der Waals surface area (Å²) in [5.41, 5.74) is 5.48. The number of pyridine rings is 1. The van der Waals surface area contributed by atoms with Crippen LogP contribution >= 0.6 is 0 Å². The molecule has 0 fully saturated rings. The zero-order valence-electron chi connectivity index (χ0n) is 17.2. The summed E-state index contributed by atoms with van der Waals surface area (Å²) in [7, 11) is 0. The maximum atomic E-state index is 13.1. The summed E-state index contributed by atoms with van der Waals surface area (Å²) < 4.78 is 0. The molecule has 0 bridgehead atoms. The highest BCUT2D eigenvalue weighted by Crippen LogP contribution is 2.19. The molecule has 1 N–H and O–H groups in total. The summed E-state index contributed by atoms with van der Waals surface area (Å²) in [6, 6.07) is 15.2. The van der Waals surface area contributed by atoms with Gasteiger partial charge in [0, 0.05) is 30.3 Å². The minimum Gasteiger partial charge on any atom is -0.322 e. The predicted molar refractivity (Wildman–Crippen MR) is 117 cm³/mol. The Morgan fingerprint density at radius 1 is 0.897 bits per heavy atom. The first-order chi connectivity index (χ1) is 13.9. The van der Waals surface area contributed by atoms with E-state index in [0.717, 1.165) is 28.1 Å². The number of nitrogens with one attached hydrogen (secondary N) is 1. The van der Waals surface area contributed by atoms with Crippen LogP contribution in [0, 0.1) is 20.8 Å². The third-order valence-corrected chi connectivity index (χ3v) is 4.60. The molecule has 0 aliphatic rings. The fraction of sp³-hybridized carbons (Fsp3) is 0.208. The van der Waals surface area contributed by atoms with Crippen LogP contribution in [0.15, 0.2) is 60.9 Å². The Morgan fingerprint density at radius 3 is 2.24 bits per heavy atom. The van der Waals surface area contributed by atoms with Gasteiger partial charge in [-0.05, 0) is 74.7 Å². The van der Waals surface area contributed by atoms with Crippen molar-refractivity contribution in [2.75, 3.05) is 16.8 Å². The lowest BCUT2D eigenvalue weighted by Crippen LogP contribution is -2.31. The van der Waals surface area contributed by atoms with Crippen LogP contribution < -0.4 is 10.2 Å². The number of aromatic nitrogens is 1. The molecule has 3 rings (SSSR count). The van der Waals surface area contributed by atoms with E-state index in [1.165, 1.54) is 12.4 Å². The van der Waals surface area contributed by atoms with E-state index in [9.17, 15) is 9.59 Å². The van der Waals surface area contributed by atoms with Crippen molar-refractivity contribution in [3.05, 3.63) is 88.7 Å². The molecule has 148 valence electrons. The van der Waals surface area contributed by atoms with E-state index in [2.05, 4.69) is 10.3 Å². The maximum absolute atomic E-state index is 13.1. The van der Waals surface area contributed by atoms with Gasteiger partial charge in [0.2, 0.25) is 0 Å². The van der Waals surface area contributed by atoms with Gasteiger partial charge in [-0.3, -0.25) is 14.6 Å².